The normalized spacial score (nSPS) is 25.4. The molecule has 5 aliphatic rings. The number of amides is 1. The summed E-state index contributed by atoms with van der Waals surface area (Å²) < 4.78 is 82.3. The molecule has 17 heteroatoms. The van der Waals surface area contributed by atoms with Crippen molar-refractivity contribution in [1.29, 1.82) is 0 Å². The summed E-state index contributed by atoms with van der Waals surface area (Å²) in [6.07, 6.45) is -2.50. The highest BCUT2D eigenvalue weighted by atomic mass is 35.5. The Morgan fingerprint density at radius 3 is 2.67 bits per heavy atom. The zero-order valence-electron chi connectivity index (χ0n) is 30.4. The van der Waals surface area contributed by atoms with Crippen molar-refractivity contribution in [2.45, 2.75) is 69.9 Å². The summed E-state index contributed by atoms with van der Waals surface area (Å²) in [7, 11) is 3.22. The highest BCUT2D eigenvalue weighted by Crippen LogP contribution is 2.61. The lowest BCUT2D eigenvalue weighted by Crippen LogP contribution is -2.43. The highest BCUT2D eigenvalue weighted by molar-refractivity contribution is 6.31. The van der Waals surface area contributed by atoms with Crippen molar-refractivity contribution in [2.24, 2.45) is 22.1 Å². The maximum Gasteiger partial charge on any atom is 0.418 e. The molecule has 3 fully saturated rings. The van der Waals surface area contributed by atoms with Gasteiger partial charge in [-0.3, -0.25) is 14.7 Å². The smallest absolute Gasteiger partial charge is 0.418 e. The van der Waals surface area contributed by atoms with Crippen LogP contribution in [-0.2, 0) is 28.7 Å². The predicted molar refractivity (Wildman–Crippen MR) is 193 cm³/mol. The quantitative estimate of drug-likeness (QED) is 0.190. The van der Waals surface area contributed by atoms with E-state index in [1.165, 1.54) is 11.0 Å². The minimum Gasteiger partial charge on any atom is -0.461 e. The largest absolute Gasteiger partial charge is 0.461 e. The Kier molecular flexibility index (Phi) is 10.1. The number of aromatic nitrogens is 2. The molecule has 1 saturated carbocycles. The van der Waals surface area contributed by atoms with Gasteiger partial charge in [0.05, 0.1) is 46.8 Å². The number of aliphatic imine (C=N–C) groups is 1. The Morgan fingerprint density at radius 1 is 1.22 bits per heavy atom. The number of alkyl halides is 3. The van der Waals surface area contributed by atoms with Crippen LogP contribution in [0.1, 0.15) is 67.5 Å². The van der Waals surface area contributed by atoms with E-state index in [9.17, 15) is 26.7 Å². The monoisotopic (exact) mass is 778 g/mol. The minimum atomic E-state index is -4.78. The average Bonchev–Trinajstić information content (AvgIpc) is 3.76. The van der Waals surface area contributed by atoms with Crippen LogP contribution in [0.5, 0.6) is 6.01 Å². The van der Waals surface area contributed by atoms with Gasteiger partial charge in [0, 0.05) is 63.5 Å². The molecule has 4 aliphatic heterocycles. The van der Waals surface area contributed by atoms with Crippen molar-refractivity contribution in [1.82, 2.24) is 19.8 Å². The number of fused-ring (bicyclic) bond motifs is 2. The van der Waals surface area contributed by atoms with Gasteiger partial charge >= 0.3 is 12.2 Å². The van der Waals surface area contributed by atoms with Crippen LogP contribution < -0.4 is 21.1 Å². The first kappa shape index (κ1) is 38.3. The molecule has 1 aromatic heterocycles. The van der Waals surface area contributed by atoms with E-state index in [1.807, 2.05) is 4.90 Å². The maximum atomic E-state index is 14.3. The zero-order chi connectivity index (χ0) is 38.7. The summed E-state index contributed by atoms with van der Waals surface area (Å²) in [4.78, 5) is 32.8. The van der Waals surface area contributed by atoms with Gasteiger partial charge in [-0.25, -0.2) is 0 Å². The highest BCUT2D eigenvalue weighted by Gasteiger charge is 2.62. The number of hydrogen-bond donors (Lipinski definition) is 2. The fourth-order valence-corrected chi connectivity index (χ4v) is 9.00. The van der Waals surface area contributed by atoms with Crippen molar-refractivity contribution >= 4 is 34.7 Å². The second-order valence-electron chi connectivity index (χ2n) is 15.6. The molecule has 1 aromatic carbocycles. The van der Waals surface area contributed by atoms with Crippen LogP contribution >= 0.6 is 11.6 Å². The summed E-state index contributed by atoms with van der Waals surface area (Å²) >= 11 is 6.11. The van der Waals surface area contributed by atoms with Gasteiger partial charge in [0.2, 0.25) is 0 Å². The molecule has 292 valence electrons. The Hall–Kier alpha value is -4.02. The topological polar surface area (TPSA) is 135 Å². The number of hydrogen-bond acceptors (Lipinski definition) is 10. The molecule has 1 spiro atoms. The molecule has 54 heavy (non-hydrogen) atoms. The van der Waals surface area contributed by atoms with E-state index in [-0.39, 0.29) is 66.4 Å². The van der Waals surface area contributed by atoms with Crippen molar-refractivity contribution in [3.63, 3.8) is 0 Å². The molecule has 0 radical (unpaired) electrons. The molecule has 4 N–H and O–H groups in total. The zero-order valence-corrected chi connectivity index (χ0v) is 31.2. The molecule has 2 aromatic rings. The lowest BCUT2D eigenvalue weighted by Gasteiger charge is -2.33. The van der Waals surface area contributed by atoms with E-state index in [0.29, 0.717) is 60.8 Å². The fourth-order valence-electron chi connectivity index (χ4n) is 8.65. The fraction of sp³-hybridized carbons (Fsp3) is 0.568. The Labute approximate surface area is 315 Å². The molecule has 11 nitrogen and oxygen atoms in total. The van der Waals surface area contributed by atoms with Gasteiger partial charge in [-0.1, -0.05) is 11.6 Å². The van der Waals surface area contributed by atoms with E-state index in [0.717, 1.165) is 37.9 Å². The third kappa shape index (κ3) is 7.48. The number of ether oxygens (including phenoxy) is 2. The van der Waals surface area contributed by atoms with Crippen LogP contribution in [0.15, 0.2) is 40.6 Å². The number of carbonyl (C=O) groups excluding carboxylic acids is 1. The van der Waals surface area contributed by atoms with Gasteiger partial charge in [0.25, 0.3) is 12.0 Å². The summed E-state index contributed by atoms with van der Waals surface area (Å²) in [5.41, 5.74) is 12.9. The van der Waals surface area contributed by atoms with Gasteiger partial charge in [0.15, 0.2) is 0 Å². The third-order valence-electron chi connectivity index (χ3n) is 11.4. The minimum absolute atomic E-state index is 0.0186. The number of benzene rings is 1. The van der Waals surface area contributed by atoms with Gasteiger partial charge in [0.1, 0.15) is 18.1 Å². The first-order valence-electron chi connectivity index (χ1n) is 18.0. The number of likely N-dealkylation sites (N-methyl/N-ethyl adjacent to an activating group) is 1. The molecular weight excluding hydrogens is 735 g/mol. The number of anilines is 2. The lowest BCUT2D eigenvalue weighted by molar-refractivity contribution is -0.139. The number of rotatable bonds is 8. The number of nitrogens with zero attached hydrogens (tertiary/aromatic N) is 6. The van der Waals surface area contributed by atoms with E-state index < -0.39 is 34.5 Å². The lowest BCUT2D eigenvalue weighted by atomic mass is 9.86. The number of carbonyl (C=O) groups is 1. The van der Waals surface area contributed by atoms with Crippen LogP contribution in [0.3, 0.4) is 0 Å². The molecule has 0 bridgehead atoms. The van der Waals surface area contributed by atoms with Crippen LogP contribution in [0.25, 0.3) is 0 Å². The summed E-state index contributed by atoms with van der Waals surface area (Å²) in [5, 5.41) is -0.530. The molecular formula is C37H44ClF5N8O3. The summed E-state index contributed by atoms with van der Waals surface area (Å²) in [5.74, 6) is -0.215. The third-order valence-corrected chi connectivity index (χ3v) is 11.7. The van der Waals surface area contributed by atoms with E-state index in [1.54, 1.807) is 21.0 Å². The van der Waals surface area contributed by atoms with Crippen LogP contribution in [0.4, 0.5) is 33.5 Å². The van der Waals surface area contributed by atoms with Gasteiger partial charge < -0.3 is 30.7 Å². The summed E-state index contributed by atoms with van der Waals surface area (Å²) in [6.45, 7) is 4.29. The Bertz CT molecular complexity index is 1930. The molecule has 0 unspecified atom stereocenters. The van der Waals surface area contributed by atoms with Gasteiger partial charge in [-0.15, -0.1) is 0 Å². The standard InChI is InChI=1S/C37H44ClF5N8O3/c1-20(31(45)33(52)49(2)3)27-15-50(8-4-7-46-27)32-24-16-53-28(23-10-22(44)11-25(38)30(23)37(41,42)43)12-26(24)47-34(48-32)54-19-36-13-21(9-29(39)40)14-51(36)18-35(17-36)5-6-35/h9-11,21,28H,4-8,12-19,44-45H2,1-3H3/t21-,28+,36-/m0/s1. The summed E-state index contributed by atoms with van der Waals surface area (Å²) in [6, 6.07) is 2.31. The SMILES string of the molecule is CC(C1=NCCCN(c2nc(OC[C@@]34C[C@H](C=C(F)F)CN3CC3(CC3)C4)nc3c2CO[C@@H](c2cc(N)cc(Cl)c2C(F)(F)F)C3)C1)=C(N)C(=O)N(C)C. The Morgan fingerprint density at radius 2 is 1.98 bits per heavy atom. The molecule has 1 aliphatic carbocycles. The molecule has 3 atom stereocenters. The first-order chi connectivity index (χ1) is 25.5. The maximum absolute atomic E-state index is 14.3. The second-order valence-corrected chi connectivity index (χ2v) is 16.0. The number of halogens is 6. The second kappa shape index (κ2) is 14.2. The van der Waals surface area contributed by atoms with Crippen LogP contribution in [0, 0.1) is 11.3 Å². The average molecular weight is 779 g/mol. The van der Waals surface area contributed by atoms with E-state index in [2.05, 4.69) is 4.90 Å². The molecule has 7 rings (SSSR count). The van der Waals surface area contributed by atoms with E-state index >= 15 is 0 Å². The predicted octanol–water partition coefficient (Wildman–Crippen LogP) is 5.92. The van der Waals surface area contributed by atoms with E-state index in [4.69, 9.17) is 47.5 Å². The Balaban J connectivity index is 1.25. The van der Waals surface area contributed by atoms with Gasteiger partial charge in [-0.2, -0.15) is 31.9 Å². The molecule has 5 heterocycles. The van der Waals surface area contributed by atoms with Crippen LogP contribution in [0.2, 0.25) is 5.02 Å². The molecule has 1 amide bonds. The van der Waals surface area contributed by atoms with Crippen molar-refractivity contribution < 1.29 is 36.2 Å². The molecule has 2 saturated heterocycles. The first-order valence-corrected chi connectivity index (χ1v) is 18.4. The van der Waals surface area contributed by atoms with Gasteiger partial charge in [-0.05, 0) is 74.1 Å². The number of nitrogens with two attached hydrogens (primary N) is 2. The van der Waals surface area contributed by atoms with Crippen molar-refractivity contribution in [2.75, 3.05) is 64.1 Å². The van der Waals surface area contributed by atoms with Crippen molar-refractivity contribution in [3.05, 3.63) is 63.0 Å². The van der Waals surface area contributed by atoms with Crippen molar-refractivity contribution in [3.8, 4) is 6.01 Å². The number of nitrogen functional groups attached to an aromatic ring is 1. The van der Waals surface area contributed by atoms with Crippen LogP contribution in [-0.4, -0.2) is 90.4 Å².